The number of hydrogen-bond acceptors (Lipinski definition) is 5. The van der Waals surface area contributed by atoms with E-state index in [2.05, 4.69) is 4.72 Å². The van der Waals surface area contributed by atoms with Gasteiger partial charge in [0.2, 0.25) is 10.0 Å². The average molecular weight is 266 g/mol. The number of sulfonamides is 1. The van der Waals surface area contributed by atoms with E-state index in [4.69, 9.17) is 5.73 Å². The molecule has 1 rings (SSSR count). The second-order valence-electron chi connectivity index (χ2n) is 3.18. The molecule has 4 nitrogen and oxygen atoms in total. The van der Waals surface area contributed by atoms with Crippen LogP contribution in [-0.4, -0.2) is 26.5 Å². The molecular formula is C8H14N2O2S3. The molecule has 0 bridgehead atoms. The molecule has 0 amide bonds. The Kier molecular flexibility index (Phi) is 4.45. The van der Waals surface area contributed by atoms with E-state index in [0.717, 1.165) is 17.1 Å². The highest BCUT2D eigenvalue weighted by Gasteiger charge is 2.18. The first kappa shape index (κ1) is 12.8. The quantitative estimate of drug-likeness (QED) is 0.844. The lowest BCUT2D eigenvalue weighted by Gasteiger charge is -2.11. The van der Waals surface area contributed by atoms with E-state index >= 15 is 0 Å². The predicted molar refractivity (Wildman–Crippen MR) is 66.9 cm³/mol. The molecule has 0 saturated carbocycles. The van der Waals surface area contributed by atoms with Gasteiger partial charge >= 0.3 is 0 Å². The van der Waals surface area contributed by atoms with Crippen LogP contribution in [0.2, 0.25) is 0 Å². The third kappa shape index (κ3) is 3.67. The van der Waals surface area contributed by atoms with Crippen molar-refractivity contribution in [2.75, 3.05) is 17.7 Å². The summed E-state index contributed by atoms with van der Waals surface area (Å²) in [5.41, 5.74) is 5.96. The number of nitrogens with one attached hydrogen (secondary N) is 1. The summed E-state index contributed by atoms with van der Waals surface area (Å²) in [6.07, 6.45) is 1.94. The number of nitrogens with two attached hydrogens (primary N) is 1. The summed E-state index contributed by atoms with van der Waals surface area (Å²) in [4.78, 5) is 0. The van der Waals surface area contributed by atoms with E-state index < -0.39 is 10.0 Å². The monoisotopic (exact) mass is 266 g/mol. The van der Waals surface area contributed by atoms with Crippen LogP contribution in [0.4, 0.5) is 5.69 Å². The summed E-state index contributed by atoms with van der Waals surface area (Å²) < 4.78 is 26.4. The van der Waals surface area contributed by atoms with Crippen molar-refractivity contribution in [1.29, 1.82) is 0 Å². The Labute approximate surface area is 98.3 Å². The van der Waals surface area contributed by atoms with Gasteiger partial charge in [0.15, 0.2) is 0 Å². The highest BCUT2D eigenvalue weighted by molar-refractivity contribution is 7.98. The van der Waals surface area contributed by atoms with Crippen LogP contribution in [0.25, 0.3) is 0 Å². The molecule has 0 aliphatic rings. The minimum atomic E-state index is -3.39. The minimum absolute atomic E-state index is 0.0756. The summed E-state index contributed by atoms with van der Waals surface area (Å²) >= 11 is 2.74. The molecule has 1 unspecified atom stereocenters. The number of thiophene rings is 1. The smallest absolute Gasteiger partial charge is 0.250 e. The number of hydrogen-bond donors (Lipinski definition) is 2. The molecule has 1 aromatic rings. The molecule has 3 N–H and O–H groups in total. The van der Waals surface area contributed by atoms with Gasteiger partial charge in [-0.25, -0.2) is 13.1 Å². The normalized spacial score (nSPS) is 14.0. The highest BCUT2D eigenvalue weighted by Crippen LogP contribution is 2.21. The van der Waals surface area contributed by atoms with E-state index in [-0.39, 0.29) is 10.3 Å². The van der Waals surface area contributed by atoms with Crippen molar-refractivity contribution in [1.82, 2.24) is 4.72 Å². The molecule has 0 radical (unpaired) electrons. The van der Waals surface area contributed by atoms with Gasteiger partial charge in [0.05, 0.1) is 0 Å². The lowest BCUT2D eigenvalue weighted by molar-refractivity contribution is 0.573. The Balaban J connectivity index is 2.76. The maximum atomic E-state index is 11.8. The fraction of sp³-hybridized carbons (Fsp3) is 0.500. The summed E-state index contributed by atoms with van der Waals surface area (Å²) in [5.74, 6) is 0.750. The molecule has 15 heavy (non-hydrogen) atoms. The van der Waals surface area contributed by atoms with Gasteiger partial charge in [-0.2, -0.15) is 11.8 Å². The molecule has 0 saturated heterocycles. The largest absolute Gasteiger partial charge is 0.398 e. The first-order chi connectivity index (χ1) is 6.95. The molecule has 0 aliphatic carbocycles. The molecule has 0 aromatic carbocycles. The predicted octanol–water partition coefficient (Wildman–Crippen LogP) is 1.36. The Morgan fingerprint density at radius 3 is 2.80 bits per heavy atom. The van der Waals surface area contributed by atoms with Crippen LogP contribution in [0.3, 0.4) is 0 Å². The van der Waals surface area contributed by atoms with Crippen molar-refractivity contribution in [2.24, 2.45) is 0 Å². The zero-order valence-corrected chi connectivity index (χ0v) is 11.0. The van der Waals surface area contributed by atoms with Crippen molar-refractivity contribution >= 4 is 38.8 Å². The lowest BCUT2D eigenvalue weighted by Crippen LogP contribution is -2.33. The second-order valence-corrected chi connectivity index (χ2v) is 6.94. The van der Waals surface area contributed by atoms with E-state index in [1.807, 2.05) is 13.2 Å². The number of rotatable bonds is 5. The SMILES string of the molecule is CSCC(C)NS(=O)(=O)c1cc(N)cs1. The van der Waals surface area contributed by atoms with Gasteiger partial charge in [0, 0.05) is 22.9 Å². The van der Waals surface area contributed by atoms with Crippen LogP contribution in [0.1, 0.15) is 6.92 Å². The second kappa shape index (κ2) is 5.20. The molecule has 86 valence electrons. The summed E-state index contributed by atoms with van der Waals surface area (Å²) in [6.45, 7) is 1.84. The van der Waals surface area contributed by atoms with Crippen LogP contribution in [0, 0.1) is 0 Å². The van der Waals surface area contributed by atoms with Gasteiger partial charge < -0.3 is 5.73 Å². The molecular weight excluding hydrogens is 252 g/mol. The Bertz CT molecular complexity index is 413. The number of thioether (sulfide) groups is 1. The maximum Gasteiger partial charge on any atom is 0.250 e. The molecule has 0 fully saturated rings. The Morgan fingerprint density at radius 2 is 2.33 bits per heavy atom. The van der Waals surface area contributed by atoms with Crippen LogP contribution >= 0.6 is 23.1 Å². The van der Waals surface area contributed by atoms with Gasteiger partial charge in [0.25, 0.3) is 0 Å². The average Bonchev–Trinajstić information content (AvgIpc) is 2.51. The molecule has 0 aliphatic heterocycles. The van der Waals surface area contributed by atoms with Gasteiger partial charge in [-0.05, 0) is 19.2 Å². The van der Waals surface area contributed by atoms with E-state index in [9.17, 15) is 8.42 Å². The molecule has 1 atom stereocenters. The van der Waals surface area contributed by atoms with Crippen LogP contribution in [-0.2, 0) is 10.0 Å². The Morgan fingerprint density at radius 1 is 1.67 bits per heavy atom. The minimum Gasteiger partial charge on any atom is -0.398 e. The van der Waals surface area contributed by atoms with Crippen LogP contribution in [0.5, 0.6) is 0 Å². The van der Waals surface area contributed by atoms with Crippen molar-refractivity contribution < 1.29 is 8.42 Å². The summed E-state index contributed by atoms with van der Waals surface area (Å²) in [6, 6.07) is 1.40. The van der Waals surface area contributed by atoms with Gasteiger partial charge in [0.1, 0.15) is 4.21 Å². The van der Waals surface area contributed by atoms with E-state index in [1.165, 1.54) is 6.07 Å². The Hall–Kier alpha value is -0.240. The van der Waals surface area contributed by atoms with Crippen LogP contribution in [0.15, 0.2) is 15.7 Å². The number of anilines is 1. The fourth-order valence-corrected chi connectivity index (χ4v) is 4.11. The van der Waals surface area contributed by atoms with Gasteiger partial charge in [-0.1, -0.05) is 0 Å². The molecule has 0 spiro atoms. The van der Waals surface area contributed by atoms with Crippen molar-refractivity contribution in [2.45, 2.75) is 17.2 Å². The third-order valence-electron chi connectivity index (χ3n) is 1.63. The number of nitrogen functional groups attached to an aromatic ring is 1. The van der Waals surface area contributed by atoms with E-state index in [1.54, 1.807) is 17.1 Å². The van der Waals surface area contributed by atoms with Crippen molar-refractivity contribution in [3.8, 4) is 0 Å². The van der Waals surface area contributed by atoms with Crippen molar-refractivity contribution in [3.05, 3.63) is 11.4 Å². The third-order valence-corrected chi connectivity index (χ3v) is 5.51. The van der Waals surface area contributed by atoms with Crippen LogP contribution < -0.4 is 10.5 Å². The highest BCUT2D eigenvalue weighted by atomic mass is 32.2. The molecule has 1 aromatic heterocycles. The fourth-order valence-electron chi connectivity index (χ4n) is 1.08. The molecule has 1 heterocycles. The first-order valence-corrected chi connectivity index (χ1v) is 8.06. The summed E-state index contributed by atoms with van der Waals surface area (Å²) in [5, 5.41) is 1.62. The summed E-state index contributed by atoms with van der Waals surface area (Å²) in [7, 11) is -3.39. The zero-order chi connectivity index (χ0) is 11.5. The standard InChI is InChI=1S/C8H14N2O2S3/c1-6(4-13-2)10-15(11,12)8-3-7(9)5-14-8/h3,5-6,10H,4,9H2,1-2H3. The van der Waals surface area contributed by atoms with Crippen molar-refractivity contribution in [3.63, 3.8) is 0 Å². The first-order valence-electron chi connectivity index (χ1n) is 4.31. The molecule has 7 heteroatoms. The zero-order valence-electron chi connectivity index (χ0n) is 8.56. The van der Waals surface area contributed by atoms with E-state index in [0.29, 0.717) is 5.69 Å². The maximum absolute atomic E-state index is 11.8. The van der Waals surface area contributed by atoms with Gasteiger partial charge in [-0.3, -0.25) is 0 Å². The lowest BCUT2D eigenvalue weighted by atomic mass is 10.4. The topological polar surface area (TPSA) is 72.2 Å². The van der Waals surface area contributed by atoms with Gasteiger partial charge in [-0.15, -0.1) is 11.3 Å².